The molecule has 0 bridgehead atoms. The van der Waals surface area contributed by atoms with Gasteiger partial charge in [-0.1, -0.05) is 22.0 Å². The van der Waals surface area contributed by atoms with Crippen molar-refractivity contribution in [3.05, 3.63) is 28.7 Å². The quantitative estimate of drug-likeness (QED) is 0.740. The van der Waals surface area contributed by atoms with Crippen molar-refractivity contribution in [1.82, 2.24) is 9.80 Å². The highest BCUT2D eigenvalue weighted by atomic mass is 79.9. The molecule has 2 rings (SSSR count). The average Bonchev–Trinajstić information content (AvgIpc) is 2.47. The monoisotopic (exact) mass is 385 g/mol. The zero-order chi connectivity index (χ0) is 16.1. The molecule has 120 valence electrons. The van der Waals surface area contributed by atoms with Crippen molar-refractivity contribution in [3.63, 3.8) is 0 Å². The lowest BCUT2D eigenvalue weighted by atomic mass is 10.3. The number of nitrogens with one attached hydrogen (secondary N) is 2. The van der Waals surface area contributed by atoms with Crippen LogP contribution in [-0.4, -0.2) is 67.6 Å². The van der Waals surface area contributed by atoms with Crippen molar-refractivity contribution in [2.45, 2.75) is 0 Å². The molecule has 1 heterocycles. The Morgan fingerprint density at radius 3 is 2.77 bits per heavy atom. The number of carbonyl (C=O) groups excluding carboxylic acids is 1. The number of amides is 1. The molecule has 1 aliphatic heterocycles. The summed E-state index contributed by atoms with van der Waals surface area (Å²) >= 11 is 8.79. The van der Waals surface area contributed by atoms with Crippen molar-refractivity contribution in [3.8, 4) is 0 Å². The fraction of sp³-hybridized carbons (Fsp3) is 0.467. The van der Waals surface area contributed by atoms with E-state index >= 15 is 0 Å². The molecule has 1 fully saturated rings. The Morgan fingerprint density at radius 2 is 2.14 bits per heavy atom. The summed E-state index contributed by atoms with van der Waals surface area (Å²) in [7, 11) is 4.00. The predicted molar refractivity (Wildman–Crippen MR) is 96.2 cm³/mol. The van der Waals surface area contributed by atoms with Crippen molar-refractivity contribution in [2.24, 2.45) is 0 Å². The number of piperazine rings is 1. The van der Waals surface area contributed by atoms with E-state index in [2.05, 4.69) is 28.3 Å². The van der Waals surface area contributed by atoms with E-state index in [1.165, 1.54) is 4.90 Å². The summed E-state index contributed by atoms with van der Waals surface area (Å²) in [5.41, 5.74) is 0.905. The summed E-state index contributed by atoms with van der Waals surface area (Å²) < 4.78 is 0.985. The molecule has 0 aliphatic carbocycles. The average molecular weight is 386 g/mol. The number of rotatable bonds is 3. The lowest BCUT2D eigenvalue weighted by molar-refractivity contribution is -0.883. The molecule has 0 unspecified atom stereocenters. The van der Waals surface area contributed by atoms with Gasteiger partial charge in [-0.05, 0) is 30.4 Å². The molecule has 1 aromatic rings. The minimum atomic E-state index is 0.133. The standard InChI is InChI=1S/C15H21BrN4OS/c1-18-6-8-20(9-7-18)14(21)11-19(2)15(22)17-13-5-3-4-12(16)10-13/h3-5,10H,6-9,11H2,1-2H3,(H,17,22)/p+1. The second kappa shape index (κ2) is 7.89. The summed E-state index contributed by atoms with van der Waals surface area (Å²) in [6, 6.07) is 7.78. The molecule has 1 amide bonds. The Labute approximate surface area is 145 Å². The van der Waals surface area contributed by atoms with Gasteiger partial charge in [0.15, 0.2) is 5.11 Å². The molecule has 0 spiro atoms. The van der Waals surface area contributed by atoms with E-state index in [4.69, 9.17) is 12.2 Å². The van der Waals surface area contributed by atoms with Crippen LogP contribution >= 0.6 is 28.1 Å². The van der Waals surface area contributed by atoms with Gasteiger partial charge in [-0.3, -0.25) is 4.79 Å². The summed E-state index contributed by atoms with van der Waals surface area (Å²) in [5, 5.41) is 3.70. The van der Waals surface area contributed by atoms with Crippen LogP contribution in [0, 0.1) is 0 Å². The lowest BCUT2D eigenvalue weighted by Crippen LogP contribution is -3.12. The summed E-state index contributed by atoms with van der Waals surface area (Å²) in [6.45, 7) is 3.97. The van der Waals surface area contributed by atoms with Crippen LogP contribution in [0.5, 0.6) is 0 Å². The Kier molecular flexibility index (Phi) is 6.16. The molecule has 1 saturated heterocycles. The van der Waals surface area contributed by atoms with Gasteiger partial charge in [0.1, 0.15) is 0 Å². The molecule has 7 heteroatoms. The maximum absolute atomic E-state index is 12.3. The first kappa shape index (κ1) is 17.2. The van der Waals surface area contributed by atoms with Gasteiger partial charge in [0.05, 0.1) is 39.8 Å². The molecule has 0 radical (unpaired) electrons. The van der Waals surface area contributed by atoms with Crippen LogP contribution in [0.3, 0.4) is 0 Å². The lowest BCUT2D eigenvalue weighted by Gasteiger charge is -2.31. The Balaban J connectivity index is 1.84. The first-order valence-electron chi connectivity index (χ1n) is 7.32. The molecule has 1 aliphatic rings. The molecule has 0 atom stereocenters. The molecule has 1 aromatic carbocycles. The largest absolute Gasteiger partial charge is 0.343 e. The van der Waals surface area contributed by atoms with Gasteiger partial charge in [0.2, 0.25) is 5.91 Å². The number of anilines is 1. The maximum atomic E-state index is 12.3. The molecular weight excluding hydrogens is 364 g/mol. The van der Waals surface area contributed by atoms with E-state index in [0.717, 1.165) is 36.3 Å². The highest BCUT2D eigenvalue weighted by Crippen LogP contribution is 2.15. The van der Waals surface area contributed by atoms with Crippen LogP contribution in [0.1, 0.15) is 0 Å². The maximum Gasteiger partial charge on any atom is 0.242 e. The number of nitrogens with zero attached hydrogens (tertiary/aromatic N) is 2. The van der Waals surface area contributed by atoms with Gasteiger partial charge in [-0.15, -0.1) is 0 Å². The van der Waals surface area contributed by atoms with Crippen LogP contribution in [0.25, 0.3) is 0 Å². The van der Waals surface area contributed by atoms with E-state index < -0.39 is 0 Å². The number of thiocarbonyl (C=S) groups is 1. The number of benzene rings is 1. The van der Waals surface area contributed by atoms with Crippen molar-refractivity contribution in [2.75, 3.05) is 52.1 Å². The summed E-state index contributed by atoms with van der Waals surface area (Å²) in [6.07, 6.45) is 0. The van der Waals surface area contributed by atoms with Crippen LogP contribution in [-0.2, 0) is 4.79 Å². The Bertz CT molecular complexity index is 546. The third kappa shape index (κ3) is 4.93. The van der Waals surface area contributed by atoms with Crippen LogP contribution in [0.2, 0.25) is 0 Å². The highest BCUT2D eigenvalue weighted by Gasteiger charge is 2.22. The van der Waals surface area contributed by atoms with Gasteiger partial charge in [0, 0.05) is 17.2 Å². The smallest absolute Gasteiger partial charge is 0.242 e. The fourth-order valence-electron chi connectivity index (χ4n) is 2.30. The third-order valence-electron chi connectivity index (χ3n) is 3.76. The second-order valence-electron chi connectivity index (χ2n) is 5.63. The number of halogens is 1. The minimum Gasteiger partial charge on any atom is -0.343 e. The zero-order valence-corrected chi connectivity index (χ0v) is 15.3. The zero-order valence-electron chi connectivity index (χ0n) is 12.9. The van der Waals surface area contributed by atoms with Crippen molar-refractivity contribution >= 4 is 44.9 Å². The number of likely N-dealkylation sites (N-methyl/N-ethyl adjacent to an activating group) is 2. The third-order valence-corrected chi connectivity index (χ3v) is 4.67. The molecule has 0 saturated carbocycles. The molecule has 0 aromatic heterocycles. The minimum absolute atomic E-state index is 0.133. The summed E-state index contributed by atoms with van der Waals surface area (Å²) in [5.74, 6) is 0.133. The normalized spacial score (nSPS) is 15.5. The number of hydrogen-bond donors (Lipinski definition) is 2. The van der Waals surface area contributed by atoms with E-state index in [1.54, 1.807) is 4.90 Å². The van der Waals surface area contributed by atoms with Gasteiger partial charge in [-0.2, -0.15) is 0 Å². The predicted octanol–water partition coefficient (Wildman–Crippen LogP) is 0.435. The highest BCUT2D eigenvalue weighted by molar-refractivity contribution is 9.10. The van der Waals surface area contributed by atoms with Crippen molar-refractivity contribution in [1.29, 1.82) is 0 Å². The number of quaternary nitrogens is 1. The van der Waals surface area contributed by atoms with Crippen LogP contribution in [0.15, 0.2) is 28.7 Å². The number of carbonyl (C=O) groups is 1. The van der Waals surface area contributed by atoms with Gasteiger partial charge in [0.25, 0.3) is 0 Å². The molecule has 22 heavy (non-hydrogen) atoms. The van der Waals surface area contributed by atoms with Crippen LogP contribution < -0.4 is 10.2 Å². The first-order valence-corrected chi connectivity index (χ1v) is 8.52. The van der Waals surface area contributed by atoms with Gasteiger partial charge in [-0.25, -0.2) is 0 Å². The van der Waals surface area contributed by atoms with E-state index in [-0.39, 0.29) is 5.91 Å². The Hall–Kier alpha value is -1.18. The van der Waals surface area contributed by atoms with Crippen LogP contribution in [0.4, 0.5) is 5.69 Å². The Morgan fingerprint density at radius 1 is 1.45 bits per heavy atom. The molecular formula is C15H22BrN4OS+. The van der Waals surface area contributed by atoms with E-state index in [9.17, 15) is 4.79 Å². The first-order chi connectivity index (χ1) is 10.5. The molecule has 2 N–H and O–H groups in total. The number of hydrogen-bond acceptors (Lipinski definition) is 2. The van der Waals surface area contributed by atoms with E-state index in [0.29, 0.717) is 11.7 Å². The SMILES string of the molecule is CN(CC(=O)N1CC[NH+](C)CC1)C(=S)Nc1cccc(Br)c1. The second-order valence-corrected chi connectivity index (χ2v) is 6.94. The topological polar surface area (TPSA) is 40.0 Å². The fourth-order valence-corrected chi connectivity index (χ4v) is 2.88. The molecule has 5 nitrogen and oxygen atoms in total. The van der Waals surface area contributed by atoms with Gasteiger partial charge >= 0.3 is 0 Å². The summed E-state index contributed by atoms with van der Waals surface area (Å²) in [4.78, 5) is 17.5. The van der Waals surface area contributed by atoms with Crippen molar-refractivity contribution < 1.29 is 9.69 Å². The van der Waals surface area contributed by atoms with Gasteiger partial charge < -0.3 is 20.0 Å². The van der Waals surface area contributed by atoms with E-state index in [1.807, 2.05) is 36.2 Å².